The molecule has 1 amide bonds. The van der Waals surface area contributed by atoms with Crippen molar-refractivity contribution < 1.29 is 9.90 Å². The summed E-state index contributed by atoms with van der Waals surface area (Å²) in [6, 6.07) is 3.69. The smallest absolute Gasteiger partial charge is 0.407 e. The molecule has 15 heavy (non-hydrogen) atoms. The van der Waals surface area contributed by atoms with Crippen LogP contribution in [0.1, 0.15) is 11.1 Å². The topological polar surface area (TPSA) is 66.6 Å². The van der Waals surface area contributed by atoms with Crippen molar-refractivity contribution in [2.45, 2.75) is 13.0 Å². The van der Waals surface area contributed by atoms with E-state index in [1.54, 1.807) is 6.07 Å². The first-order valence-electron chi connectivity index (χ1n) is 4.63. The van der Waals surface area contributed by atoms with Gasteiger partial charge in [0.25, 0.3) is 0 Å². The second-order valence-corrected chi connectivity index (χ2v) is 4.35. The number of anilines is 1. The van der Waals surface area contributed by atoms with Gasteiger partial charge in [0.05, 0.1) is 0 Å². The summed E-state index contributed by atoms with van der Waals surface area (Å²) in [5.41, 5.74) is 8.63. The molecule has 0 spiro atoms. The summed E-state index contributed by atoms with van der Waals surface area (Å²) in [7, 11) is 0. The zero-order valence-corrected chi connectivity index (χ0v) is 9.62. The summed E-state index contributed by atoms with van der Waals surface area (Å²) < 4.78 is 0.907. The fraction of sp³-hybridized carbons (Fsp3) is 0.300. The Morgan fingerprint density at radius 2 is 2.27 bits per heavy atom. The number of hydrogen-bond acceptors (Lipinski definition) is 2. The molecule has 80 valence electrons. The van der Waals surface area contributed by atoms with Crippen molar-refractivity contribution >= 4 is 27.7 Å². The third-order valence-electron chi connectivity index (χ3n) is 2.63. The molecule has 0 atom stereocenters. The van der Waals surface area contributed by atoms with Crippen molar-refractivity contribution in [3.8, 4) is 0 Å². The monoisotopic (exact) mass is 270 g/mol. The Labute approximate surface area is 95.8 Å². The van der Waals surface area contributed by atoms with Gasteiger partial charge in [0.15, 0.2) is 0 Å². The zero-order chi connectivity index (χ0) is 11.0. The van der Waals surface area contributed by atoms with Crippen LogP contribution in [0, 0.1) is 0 Å². The Hall–Kier alpha value is -1.23. The lowest BCUT2D eigenvalue weighted by molar-refractivity contribution is 0.140. The molecule has 0 radical (unpaired) electrons. The van der Waals surface area contributed by atoms with Crippen molar-refractivity contribution in [2.75, 3.05) is 12.3 Å². The number of rotatable bonds is 0. The number of amides is 1. The van der Waals surface area contributed by atoms with Gasteiger partial charge in [-0.25, -0.2) is 4.79 Å². The van der Waals surface area contributed by atoms with E-state index in [1.165, 1.54) is 4.90 Å². The van der Waals surface area contributed by atoms with Crippen LogP contribution in [0.4, 0.5) is 10.5 Å². The maximum Gasteiger partial charge on any atom is 0.407 e. The van der Waals surface area contributed by atoms with Gasteiger partial charge >= 0.3 is 6.09 Å². The molecule has 0 bridgehead atoms. The van der Waals surface area contributed by atoms with Crippen molar-refractivity contribution in [3.05, 3.63) is 27.7 Å². The van der Waals surface area contributed by atoms with Crippen molar-refractivity contribution in [3.63, 3.8) is 0 Å². The summed E-state index contributed by atoms with van der Waals surface area (Å²) in [6.45, 7) is 0.980. The number of halogens is 1. The first-order chi connectivity index (χ1) is 7.09. The van der Waals surface area contributed by atoms with Crippen LogP contribution in [0.5, 0.6) is 0 Å². The first-order valence-corrected chi connectivity index (χ1v) is 5.42. The van der Waals surface area contributed by atoms with Gasteiger partial charge < -0.3 is 15.7 Å². The average Bonchev–Trinajstić information content (AvgIpc) is 2.23. The minimum atomic E-state index is -0.867. The van der Waals surface area contributed by atoms with E-state index < -0.39 is 6.09 Å². The lowest BCUT2D eigenvalue weighted by atomic mass is 9.99. The van der Waals surface area contributed by atoms with E-state index in [2.05, 4.69) is 15.9 Å². The highest BCUT2D eigenvalue weighted by Gasteiger charge is 2.21. The van der Waals surface area contributed by atoms with Gasteiger partial charge in [-0.1, -0.05) is 6.07 Å². The van der Waals surface area contributed by atoms with Crippen LogP contribution in [-0.2, 0) is 13.0 Å². The first kappa shape index (κ1) is 10.3. The summed E-state index contributed by atoms with van der Waals surface area (Å²) in [5, 5.41) is 8.88. The highest BCUT2D eigenvalue weighted by Crippen LogP contribution is 2.30. The quantitative estimate of drug-likeness (QED) is 0.710. The molecule has 0 saturated carbocycles. The van der Waals surface area contributed by atoms with Gasteiger partial charge in [-0.2, -0.15) is 0 Å². The largest absolute Gasteiger partial charge is 0.465 e. The normalized spacial score (nSPS) is 14.9. The van der Waals surface area contributed by atoms with E-state index in [0.29, 0.717) is 25.2 Å². The molecule has 1 heterocycles. The molecule has 0 aliphatic carbocycles. The molecule has 0 unspecified atom stereocenters. The third-order valence-corrected chi connectivity index (χ3v) is 3.57. The van der Waals surface area contributed by atoms with Gasteiger partial charge in [-0.05, 0) is 39.5 Å². The standard InChI is InChI=1S/C10H11BrN2O2/c11-9-7-3-4-13(10(14)15)5-6(7)1-2-8(9)12/h1-2H,3-5,12H2,(H,14,15). The number of benzene rings is 1. The van der Waals surface area contributed by atoms with E-state index in [4.69, 9.17) is 10.8 Å². The lowest BCUT2D eigenvalue weighted by Gasteiger charge is -2.27. The fourth-order valence-corrected chi connectivity index (χ4v) is 2.38. The number of nitrogens with two attached hydrogens (primary N) is 1. The number of fused-ring (bicyclic) bond motifs is 1. The van der Waals surface area contributed by atoms with E-state index >= 15 is 0 Å². The summed E-state index contributed by atoms with van der Waals surface area (Å²) in [5.74, 6) is 0. The van der Waals surface area contributed by atoms with Crippen LogP contribution in [0.2, 0.25) is 0 Å². The molecule has 1 aromatic carbocycles. The average molecular weight is 271 g/mol. The van der Waals surface area contributed by atoms with Crippen LogP contribution in [0.25, 0.3) is 0 Å². The SMILES string of the molecule is Nc1ccc2c(c1Br)CCN(C(=O)O)C2. The molecule has 3 N–H and O–H groups in total. The summed E-state index contributed by atoms with van der Waals surface area (Å²) in [4.78, 5) is 12.2. The Kier molecular flexibility index (Phi) is 2.56. The molecule has 0 fully saturated rings. The predicted molar refractivity (Wildman–Crippen MR) is 60.7 cm³/mol. The van der Waals surface area contributed by atoms with Crippen molar-refractivity contribution in [1.29, 1.82) is 0 Å². The molecule has 1 aromatic rings. The number of nitrogens with zero attached hydrogens (tertiary/aromatic N) is 1. The number of nitrogen functional groups attached to an aromatic ring is 1. The Morgan fingerprint density at radius 3 is 2.93 bits per heavy atom. The number of hydrogen-bond donors (Lipinski definition) is 2. The van der Waals surface area contributed by atoms with Gasteiger partial charge in [-0.3, -0.25) is 0 Å². The molecule has 2 rings (SSSR count). The molecule has 1 aliphatic rings. The molecule has 0 saturated heterocycles. The predicted octanol–water partition coefficient (Wildman–Crippen LogP) is 2.07. The Bertz CT molecular complexity index is 420. The molecule has 5 heteroatoms. The van der Waals surface area contributed by atoms with E-state index in [0.717, 1.165) is 15.6 Å². The van der Waals surface area contributed by atoms with Crippen LogP contribution in [-0.4, -0.2) is 22.6 Å². The van der Waals surface area contributed by atoms with E-state index in [1.807, 2.05) is 6.07 Å². The van der Waals surface area contributed by atoms with Crippen LogP contribution >= 0.6 is 15.9 Å². The van der Waals surface area contributed by atoms with Crippen molar-refractivity contribution in [1.82, 2.24) is 4.90 Å². The lowest BCUT2D eigenvalue weighted by Crippen LogP contribution is -2.34. The van der Waals surface area contributed by atoms with Crippen LogP contribution < -0.4 is 5.73 Å². The second kappa shape index (κ2) is 3.73. The molecule has 1 aliphatic heterocycles. The van der Waals surface area contributed by atoms with E-state index in [-0.39, 0.29) is 0 Å². The molecule has 4 nitrogen and oxygen atoms in total. The second-order valence-electron chi connectivity index (χ2n) is 3.56. The highest BCUT2D eigenvalue weighted by molar-refractivity contribution is 9.10. The Morgan fingerprint density at radius 1 is 1.53 bits per heavy atom. The van der Waals surface area contributed by atoms with Gasteiger partial charge in [0, 0.05) is 23.2 Å². The van der Waals surface area contributed by atoms with Gasteiger partial charge in [-0.15, -0.1) is 0 Å². The maximum absolute atomic E-state index is 10.8. The van der Waals surface area contributed by atoms with Crippen molar-refractivity contribution in [2.24, 2.45) is 0 Å². The molecular weight excluding hydrogens is 260 g/mol. The summed E-state index contributed by atoms with van der Waals surface area (Å²) in [6.07, 6.45) is -0.152. The maximum atomic E-state index is 10.8. The van der Waals surface area contributed by atoms with Gasteiger partial charge in [0.2, 0.25) is 0 Å². The highest BCUT2D eigenvalue weighted by atomic mass is 79.9. The number of carbonyl (C=O) groups is 1. The Balaban J connectivity index is 2.36. The van der Waals surface area contributed by atoms with Crippen LogP contribution in [0.3, 0.4) is 0 Å². The van der Waals surface area contributed by atoms with Crippen LogP contribution in [0.15, 0.2) is 16.6 Å². The summed E-state index contributed by atoms with van der Waals surface area (Å²) >= 11 is 3.43. The fourth-order valence-electron chi connectivity index (χ4n) is 1.79. The van der Waals surface area contributed by atoms with Gasteiger partial charge in [0.1, 0.15) is 0 Å². The minimum absolute atomic E-state index is 0.448. The molecule has 0 aromatic heterocycles. The van der Waals surface area contributed by atoms with E-state index in [9.17, 15) is 4.79 Å². The minimum Gasteiger partial charge on any atom is -0.465 e. The molecular formula is C10H11BrN2O2. The third kappa shape index (κ3) is 1.79. The zero-order valence-electron chi connectivity index (χ0n) is 8.03. The number of carboxylic acid groups (broad SMARTS) is 1.